The van der Waals surface area contributed by atoms with Gasteiger partial charge in [-0.15, -0.1) is 0 Å². The summed E-state index contributed by atoms with van der Waals surface area (Å²) in [6, 6.07) is 8.41. The van der Waals surface area contributed by atoms with Crippen molar-refractivity contribution in [2.75, 3.05) is 20.1 Å². The summed E-state index contributed by atoms with van der Waals surface area (Å²) in [5.74, 6) is 0.603. The number of nitrogens with zero attached hydrogens (tertiary/aromatic N) is 3. The highest BCUT2D eigenvalue weighted by Gasteiger charge is 2.48. The van der Waals surface area contributed by atoms with E-state index in [0.29, 0.717) is 30.6 Å². The van der Waals surface area contributed by atoms with Crippen molar-refractivity contribution >= 4 is 11.8 Å². The Balaban J connectivity index is 1.37. The summed E-state index contributed by atoms with van der Waals surface area (Å²) in [6.07, 6.45) is 13.4. The number of amides is 2. The number of hydrogen-bond acceptors (Lipinski definition) is 4. The number of furan rings is 1. The molecule has 0 spiro atoms. The van der Waals surface area contributed by atoms with Crippen molar-refractivity contribution < 1.29 is 14.0 Å². The average Bonchev–Trinajstić information content (AvgIpc) is 3.63. The second-order valence-electron chi connectivity index (χ2n) is 11.0. The van der Waals surface area contributed by atoms with Crippen molar-refractivity contribution in [2.45, 2.75) is 95.3 Å². The normalized spacial score (nSPS) is 23.7. The van der Waals surface area contributed by atoms with E-state index in [4.69, 9.17) is 4.42 Å². The Morgan fingerprint density at radius 3 is 2.51 bits per heavy atom. The summed E-state index contributed by atoms with van der Waals surface area (Å²) >= 11 is 0. The molecule has 0 aromatic carbocycles. The van der Waals surface area contributed by atoms with E-state index in [2.05, 4.69) is 17.3 Å². The largest absolute Gasteiger partial charge is 0.463 e. The number of nitrogens with one attached hydrogen (secondary N) is 1. The number of hydrogen-bond donors (Lipinski definition) is 1. The zero-order valence-electron chi connectivity index (χ0n) is 21.3. The van der Waals surface area contributed by atoms with Gasteiger partial charge in [0, 0.05) is 18.6 Å². The third-order valence-corrected chi connectivity index (χ3v) is 8.55. The summed E-state index contributed by atoms with van der Waals surface area (Å²) in [5, 5.41) is 3.29. The van der Waals surface area contributed by atoms with Gasteiger partial charge in [0.05, 0.1) is 18.5 Å². The van der Waals surface area contributed by atoms with E-state index >= 15 is 0 Å². The van der Waals surface area contributed by atoms with E-state index < -0.39 is 5.54 Å². The SMILES string of the molecule is CN(CCCN1C(=O)c2ccc(-c3ccco3)n2CC1(C)C(=O)NC1CCCC1)C1CCCCC1. The average molecular weight is 481 g/mol. The molecule has 1 N–H and O–H groups in total. The molecule has 3 aliphatic rings. The molecule has 2 aliphatic carbocycles. The highest BCUT2D eigenvalue weighted by Crippen LogP contribution is 2.34. The standard InChI is InChI=1S/C28H40N4O3/c1-28(27(34)29-21-10-6-7-11-21)20-31-23(25-14-8-19-35-25)15-16-24(31)26(33)32(28)18-9-17-30(2)22-12-4-3-5-13-22/h8,14-16,19,21-22H,3-7,9-13,17-18,20H2,1-2H3,(H,29,34). The van der Waals surface area contributed by atoms with Gasteiger partial charge in [-0.2, -0.15) is 0 Å². The maximum Gasteiger partial charge on any atom is 0.271 e. The van der Waals surface area contributed by atoms with Crippen molar-refractivity contribution in [1.29, 1.82) is 0 Å². The van der Waals surface area contributed by atoms with E-state index in [9.17, 15) is 9.59 Å². The van der Waals surface area contributed by atoms with Crippen molar-refractivity contribution in [3.8, 4) is 11.5 Å². The monoisotopic (exact) mass is 480 g/mol. The van der Waals surface area contributed by atoms with Gasteiger partial charge in [0.1, 0.15) is 17.0 Å². The Morgan fingerprint density at radius 1 is 1.09 bits per heavy atom. The van der Waals surface area contributed by atoms with Crippen molar-refractivity contribution in [1.82, 2.24) is 19.7 Å². The van der Waals surface area contributed by atoms with Crippen LogP contribution < -0.4 is 5.32 Å². The molecule has 1 aliphatic heterocycles. The molecule has 190 valence electrons. The lowest BCUT2D eigenvalue weighted by molar-refractivity contribution is -0.133. The molecule has 1 unspecified atom stereocenters. The molecule has 2 aromatic heterocycles. The molecule has 7 nitrogen and oxygen atoms in total. The van der Waals surface area contributed by atoms with Gasteiger partial charge in [0.25, 0.3) is 5.91 Å². The first-order chi connectivity index (χ1) is 17.0. The topological polar surface area (TPSA) is 70.7 Å². The molecule has 35 heavy (non-hydrogen) atoms. The Hall–Kier alpha value is -2.54. The fraction of sp³-hybridized carbons (Fsp3) is 0.643. The summed E-state index contributed by atoms with van der Waals surface area (Å²) in [4.78, 5) is 31.9. The van der Waals surface area contributed by atoms with Gasteiger partial charge in [-0.05, 0) is 76.9 Å². The third kappa shape index (κ3) is 4.80. The number of rotatable bonds is 8. The molecule has 3 heterocycles. The van der Waals surface area contributed by atoms with Crippen LogP contribution in [-0.4, -0.2) is 63.9 Å². The van der Waals surface area contributed by atoms with Gasteiger partial charge in [-0.25, -0.2) is 0 Å². The summed E-state index contributed by atoms with van der Waals surface area (Å²) in [6.45, 7) is 3.88. The molecule has 7 heteroatoms. The van der Waals surface area contributed by atoms with Crippen LogP contribution in [0.2, 0.25) is 0 Å². The van der Waals surface area contributed by atoms with E-state index in [1.54, 1.807) is 6.26 Å². The first kappa shape index (κ1) is 24.2. The Labute approximate surface area is 208 Å². The summed E-state index contributed by atoms with van der Waals surface area (Å²) in [7, 11) is 2.21. The van der Waals surface area contributed by atoms with Crippen molar-refractivity contribution in [2.24, 2.45) is 0 Å². The van der Waals surface area contributed by atoms with Gasteiger partial charge in [-0.1, -0.05) is 32.1 Å². The molecular weight excluding hydrogens is 440 g/mol. The maximum absolute atomic E-state index is 13.8. The van der Waals surface area contributed by atoms with E-state index in [-0.39, 0.29) is 17.9 Å². The molecule has 0 radical (unpaired) electrons. The smallest absolute Gasteiger partial charge is 0.271 e. The first-order valence-corrected chi connectivity index (χ1v) is 13.5. The predicted octanol–water partition coefficient (Wildman–Crippen LogP) is 4.68. The highest BCUT2D eigenvalue weighted by molar-refractivity contribution is 6.00. The van der Waals surface area contributed by atoms with Crippen LogP contribution in [0.15, 0.2) is 34.9 Å². The first-order valence-electron chi connectivity index (χ1n) is 13.5. The molecule has 2 fully saturated rings. The zero-order valence-corrected chi connectivity index (χ0v) is 21.3. The fourth-order valence-electron chi connectivity index (χ4n) is 6.36. The van der Waals surface area contributed by atoms with Gasteiger partial charge < -0.3 is 24.1 Å². The number of carbonyl (C=O) groups is 2. The van der Waals surface area contributed by atoms with E-state index in [1.807, 2.05) is 40.7 Å². The van der Waals surface area contributed by atoms with Crippen LogP contribution in [0.25, 0.3) is 11.5 Å². The van der Waals surface area contributed by atoms with Gasteiger partial charge >= 0.3 is 0 Å². The minimum Gasteiger partial charge on any atom is -0.463 e. The van der Waals surface area contributed by atoms with Crippen LogP contribution in [0.4, 0.5) is 0 Å². The van der Waals surface area contributed by atoms with Gasteiger partial charge in [0.15, 0.2) is 0 Å². The number of carbonyl (C=O) groups excluding carboxylic acids is 2. The van der Waals surface area contributed by atoms with Crippen LogP contribution in [-0.2, 0) is 11.3 Å². The lowest BCUT2D eigenvalue weighted by Gasteiger charge is -2.45. The van der Waals surface area contributed by atoms with Crippen LogP contribution in [0.3, 0.4) is 0 Å². The molecule has 0 saturated heterocycles. The lowest BCUT2D eigenvalue weighted by Crippen LogP contribution is -2.65. The molecule has 1 atom stereocenters. The Morgan fingerprint density at radius 2 is 1.80 bits per heavy atom. The maximum atomic E-state index is 13.8. The molecule has 0 bridgehead atoms. The molecule has 5 rings (SSSR count). The van der Waals surface area contributed by atoms with Crippen LogP contribution in [0.1, 0.15) is 81.6 Å². The fourth-order valence-corrected chi connectivity index (χ4v) is 6.36. The number of fused-ring (bicyclic) bond motifs is 1. The third-order valence-electron chi connectivity index (χ3n) is 8.55. The van der Waals surface area contributed by atoms with Crippen LogP contribution in [0.5, 0.6) is 0 Å². The van der Waals surface area contributed by atoms with E-state index in [0.717, 1.165) is 44.3 Å². The minimum atomic E-state index is -0.948. The number of aromatic nitrogens is 1. The predicted molar refractivity (Wildman–Crippen MR) is 136 cm³/mol. The van der Waals surface area contributed by atoms with Gasteiger partial charge in [0.2, 0.25) is 5.91 Å². The summed E-state index contributed by atoms with van der Waals surface area (Å²) < 4.78 is 7.61. The molecule has 2 amide bonds. The van der Waals surface area contributed by atoms with Crippen LogP contribution in [0, 0.1) is 0 Å². The molecule has 2 saturated carbocycles. The second kappa shape index (κ2) is 10.2. The van der Waals surface area contributed by atoms with E-state index in [1.165, 1.54) is 32.1 Å². The van der Waals surface area contributed by atoms with Crippen LogP contribution >= 0.6 is 0 Å². The highest BCUT2D eigenvalue weighted by atomic mass is 16.3. The zero-order chi connectivity index (χ0) is 24.4. The Bertz CT molecular complexity index is 1020. The molecule has 2 aromatic rings. The Kier molecular flexibility index (Phi) is 7.05. The quantitative estimate of drug-likeness (QED) is 0.596. The van der Waals surface area contributed by atoms with Crippen molar-refractivity contribution in [3.63, 3.8) is 0 Å². The molecular formula is C28H40N4O3. The van der Waals surface area contributed by atoms with Crippen molar-refractivity contribution in [3.05, 3.63) is 36.2 Å². The van der Waals surface area contributed by atoms with Gasteiger partial charge in [-0.3, -0.25) is 9.59 Å². The lowest BCUT2D eigenvalue weighted by atomic mass is 9.93. The summed E-state index contributed by atoms with van der Waals surface area (Å²) in [5.41, 5.74) is 0.522. The minimum absolute atomic E-state index is 0.0388. The second-order valence-corrected chi connectivity index (χ2v) is 11.0.